The number of alkyl halides is 2. The van der Waals surface area contributed by atoms with E-state index in [0.717, 1.165) is 10.5 Å². The molecule has 12 nitrogen and oxygen atoms in total. The third-order valence-electron chi connectivity index (χ3n) is 7.46. The molecule has 0 aliphatic carbocycles. The van der Waals surface area contributed by atoms with Gasteiger partial charge >= 0.3 is 6.09 Å². The maximum absolute atomic E-state index is 14.2. The van der Waals surface area contributed by atoms with Crippen LogP contribution >= 0.6 is 0 Å². The molecule has 1 aromatic carbocycles. The Kier molecular flexibility index (Phi) is 10.4. The molecular weight excluding hydrogens is 632 g/mol. The molecule has 2 aromatic heterocycles. The molecule has 1 aliphatic heterocycles. The van der Waals surface area contributed by atoms with Crippen LogP contribution in [0.4, 0.5) is 25.1 Å². The monoisotopic (exact) mass is 673 g/mol. The molecule has 4 rings (SSSR count). The van der Waals surface area contributed by atoms with E-state index in [-0.39, 0.29) is 47.8 Å². The minimum absolute atomic E-state index is 0.0258. The molecule has 0 saturated carbocycles. The van der Waals surface area contributed by atoms with Gasteiger partial charge in [-0.05, 0) is 57.9 Å². The summed E-state index contributed by atoms with van der Waals surface area (Å²) in [6, 6.07) is 6.13. The van der Waals surface area contributed by atoms with Crippen molar-refractivity contribution >= 4 is 39.1 Å². The van der Waals surface area contributed by atoms with Crippen molar-refractivity contribution in [3.63, 3.8) is 0 Å². The van der Waals surface area contributed by atoms with Crippen molar-refractivity contribution in [2.45, 2.75) is 63.4 Å². The van der Waals surface area contributed by atoms with Gasteiger partial charge in [-0.25, -0.2) is 22.8 Å². The number of hydrogen-bond donors (Lipinski definition) is 1. The third kappa shape index (κ3) is 9.11. The molecule has 0 spiro atoms. The lowest BCUT2D eigenvalue weighted by Gasteiger charge is -2.26. The second-order valence-corrected chi connectivity index (χ2v) is 15.0. The molecule has 1 aliphatic rings. The Morgan fingerprint density at radius 1 is 1.17 bits per heavy atom. The van der Waals surface area contributed by atoms with Crippen molar-refractivity contribution < 1.29 is 32.1 Å². The molecule has 0 bridgehead atoms. The minimum atomic E-state index is -3.28. The number of hydrogen-bond acceptors (Lipinski definition) is 8. The van der Waals surface area contributed by atoms with Crippen molar-refractivity contribution in [1.82, 2.24) is 19.7 Å². The fourth-order valence-electron chi connectivity index (χ4n) is 5.11. The average molecular weight is 674 g/mol. The quantitative estimate of drug-likeness (QED) is 0.346. The van der Waals surface area contributed by atoms with Gasteiger partial charge in [-0.1, -0.05) is 6.07 Å². The zero-order valence-corrected chi connectivity index (χ0v) is 28.5. The number of nitrogens with zero attached hydrogens (tertiary/aromatic N) is 6. The highest BCUT2D eigenvalue weighted by atomic mass is 32.2. The van der Waals surface area contributed by atoms with Crippen molar-refractivity contribution in [1.29, 1.82) is 0 Å². The number of anilines is 2. The maximum Gasteiger partial charge on any atom is 0.410 e. The first-order valence-electron chi connectivity index (χ1n) is 15.1. The first-order valence-corrected chi connectivity index (χ1v) is 17.0. The lowest BCUT2D eigenvalue weighted by molar-refractivity contribution is -0.118. The van der Waals surface area contributed by atoms with Gasteiger partial charge in [-0.3, -0.25) is 14.3 Å². The smallest absolute Gasteiger partial charge is 0.410 e. The molecule has 1 atom stereocenters. The summed E-state index contributed by atoms with van der Waals surface area (Å²) in [5.41, 5.74) is 1.70. The van der Waals surface area contributed by atoms with Crippen LogP contribution < -0.4 is 10.2 Å². The van der Waals surface area contributed by atoms with Gasteiger partial charge in [0.1, 0.15) is 18.0 Å². The zero-order valence-electron chi connectivity index (χ0n) is 27.7. The number of aromatic nitrogens is 3. The van der Waals surface area contributed by atoms with Crippen molar-refractivity contribution in [3.05, 3.63) is 54.0 Å². The Balaban J connectivity index is 1.63. The molecule has 3 aromatic rings. The maximum atomic E-state index is 14.2. The van der Waals surface area contributed by atoms with Crippen LogP contribution in [0.3, 0.4) is 0 Å². The molecule has 47 heavy (non-hydrogen) atoms. The molecule has 0 unspecified atom stereocenters. The molecule has 1 fully saturated rings. The summed E-state index contributed by atoms with van der Waals surface area (Å²) in [6.07, 6.45) is 5.25. The van der Waals surface area contributed by atoms with Gasteiger partial charge in [0, 0.05) is 80.4 Å². The Morgan fingerprint density at radius 2 is 1.89 bits per heavy atom. The van der Waals surface area contributed by atoms with Crippen LogP contribution in [-0.2, 0) is 26.3 Å². The Bertz CT molecular complexity index is 1790. The van der Waals surface area contributed by atoms with E-state index in [9.17, 15) is 27.4 Å². The standard InChI is InChI=1S/C32H41F2N7O5S/c1-21-25(22-17-36-40(6)19-22)18-35-28(41-14-9-12-32(33,34)13-15-41)27(21)29(43)37-23-10-8-11-24(16-23)47(7,45)38-26(42)20-39(5)30(44)46-31(2,3)4/h8,10-11,16-19H,9,12-15,20H2,1-7H3,(H,37,43)/t47-/m1/s1. The van der Waals surface area contributed by atoms with Crippen LogP contribution in [0.2, 0.25) is 0 Å². The fraction of sp³-hybridized carbons (Fsp3) is 0.469. The summed E-state index contributed by atoms with van der Waals surface area (Å²) in [5.74, 6) is -3.84. The summed E-state index contributed by atoms with van der Waals surface area (Å²) < 4.78 is 52.8. The second-order valence-electron chi connectivity index (χ2n) is 12.7. The fourth-order valence-corrected chi connectivity index (χ4v) is 6.34. The second kappa shape index (κ2) is 13.8. The van der Waals surface area contributed by atoms with Crippen LogP contribution in [0.25, 0.3) is 11.1 Å². The molecule has 1 saturated heterocycles. The first kappa shape index (κ1) is 35.5. The van der Waals surface area contributed by atoms with Crippen LogP contribution in [0.1, 0.15) is 56.0 Å². The summed E-state index contributed by atoms with van der Waals surface area (Å²) in [4.78, 5) is 46.4. The van der Waals surface area contributed by atoms with Gasteiger partial charge in [-0.15, -0.1) is 0 Å². The number of rotatable bonds is 7. The number of nitrogens with one attached hydrogen (secondary N) is 1. The molecule has 3 amide bonds. The SMILES string of the molecule is Cc1c(-c2cnn(C)c2)cnc(N2CCCC(F)(F)CC2)c1C(=O)Nc1cccc([S@@](C)(=O)=NC(=O)CN(C)C(=O)OC(C)(C)C)c1. The Morgan fingerprint density at radius 3 is 2.55 bits per heavy atom. The number of benzene rings is 1. The zero-order chi connectivity index (χ0) is 34.7. The van der Waals surface area contributed by atoms with E-state index in [4.69, 9.17) is 4.74 Å². The summed E-state index contributed by atoms with van der Waals surface area (Å²) in [7, 11) is -0.140. The van der Waals surface area contributed by atoms with Crippen LogP contribution in [0.15, 0.2) is 52.1 Å². The van der Waals surface area contributed by atoms with Crippen molar-refractivity contribution in [3.8, 4) is 11.1 Å². The molecule has 1 N–H and O–H groups in total. The van der Waals surface area contributed by atoms with E-state index in [0.29, 0.717) is 17.7 Å². The van der Waals surface area contributed by atoms with E-state index >= 15 is 0 Å². The molecule has 0 radical (unpaired) electrons. The summed E-state index contributed by atoms with van der Waals surface area (Å²) >= 11 is 0. The largest absolute Gasteiger partial charge is 0.444 e. The Hall–Kier alpha value is -4.40. The molecule has 254 valence electrons. The van der Waals surface area contributed by atoms with E-state index < -0.39 is 45.7 Å². The molecule has 15 heteroatoms. The van der Waals surface area contributed by atoms with E-state index in [1.54, 1.807) is 75.0 Å². The van der Waals surface area contributed by atoms with E-state index in [1.165, 1.54) is 25.4 Å². The van der Waals surface area contributed by atoms with E-state index in [1.807, 2.05) is 0 Å². The number of halogens is 2. The predicted octanol–water partition coefficient (Wildman–Crippen LogP) is 5.52. The lowest BCUT2D eigenvalue weighted by Crippen LogP contribution is -2.37. The van der Waals surface area contributed by atoms with Crippen LogP contribution in [-0.4, -0.2) is 86.2 Å². The van der Waals surface area contributed by atoms with Gasteiger partial charge < -0.3 is 19.9 Å². The number of carbonyl (C=O) groups excluding carboxylic acids is 3. The van der Waals surface area contributed by atoms with Gasteiger partial charge in [-0.2, -0.15) is 9.46 Å². The number of likely N-dealkylation sites (N-methyl/N-ethyl adjacent to an activating group) is 1. The number of aryl methyl sites for hydroxylation is 1. The highest BCUT2D eigenvalue weighted by molar-refractivity contribution is 7.93. The number of carbonyl (C=O) groups is 3. The number of ether oxygens (including phenoxy) is 1. The highest BCUT2D eigenvalue weighted by Gasteiger charge is 2.34. The van der Waals surface area contributed by atoms with Crippen LogP contribution in [0, 0.1) is 6.92 Å². The average Bonchev–Trinajstić information content (AvgIpc) is 3.30. The highest BCUT2D eigenvalue weighted by Crippen LogP contribution is 2.34. The van der Waals surface area contributed by atoms with Crippen LogP contribution in [0.5, 0.6) is 0 Å². The summed E-state index contributed by atoms with van der Waals surface area (Å²) in [5, 5.41) is 7.05. The minimum Gasteiger partial charge on any atom is -0.444 e. The number of pyridine rings is 1. The lowest BCUT2D eigenvalue weighted by atomic mass is 9.99. The van der Waals surface area contributed by atoms with Crippen molar-refractivity contribution in [2.75, 3.05) is 43.2 Å². The third-order valence-corrected chi connectivity index (χ3v) is 9.14. The van der Waals surface area contributed by atoms with Crippen molar-refractivity contribution in [2.24, 2.45) is 11.4 Å². The van der Waals surface area contributed by atoms with E-state index in [2.05, 4.69) is 19.8 Å². The predicted molar refractivity (Wildman–Crippen MR) is 175 cm³/mol. The topological polar surface area (TPSA) is 139 Å². The number of amides is 3. The van der Waals surface area contributed by atoms with Gasteiger partial charge in [0.15, 0.2) is 0 Å². The normalized spacial score (nSPS) is 16.1. The van der Waals surface area contributed by atoms with Gasteiger partial charge in [0.05, 0.1) is 21.5 Å². The molecular formula is C32H41F2N7O5S. The Labute approximate surface area is 273 Å². The molecule has 3 heterocycles. The van der Waals surface area contributed by atoms with Gasteiger partial charge in [0.25, 0.3) is 11.8 Å². The summed E-state index contributed by atoms with van der Waals surface area (Å²) in [6.45, 7) is 6.74. The first-order chi connectivity index (χ1) is 21.8. The van der Waals surface area contributed by atoms with Gasteiger partial charge in [0.2, 0.25) is 5.92 Å².